The van der Waals surface area contributed by atoms with E-state index in [1.807, 2.05) is 0 Å². The second kappa shape index (κ2) is 4.79. The summed E-state index contributed by atoms with van der Waals surface area (Å²) in [6.45, 7) is 1.76. The summed E-state index contributed by atoms with van der Waals surface area (Å²) in [6.07, 6.45) is 0. The maximum atomic E-state index is 5.64. The molecule has 0 fully saturated rings. The Morgan fingerprint density at radius 1 is 1.00 bits per heavy atom. The molecule has 0 aliphatic carbocycles. The molecule has 1 atom stereocenters. The minimum absolute atomic E-state index is 0.171. The average molecular weight is 319 g/mol. The zero-order chi connectivity index (χ0) is 9.28. The standard InChI is InChI=1S/C3H6Cl6S2/c1-3(11(7,8)9)2-10(4,5)6/h3H,2H2,1H3. The minimum atomic E-state index is -2.15. The lowest BCUT2D eigenvalue weighted by molar-refractivity contribution is 1.14. The second-order valence-electron chi connectivity index (χ2n) is 1.92. The average Bonchev–Trinajstić information content (AvgIpc) is 1.56. The molecule has 0 bridgehead atoms. The van der Waals surface area contributed by atoms with Gasteiger partial charge in [-0.05, 0) is 79.4 Å². The smallest absolute Gasteiger partial charge is 0.0358 e. The van der Waals surface area contributed by atoms with Gasteiger partial charge in [0.15, 0.2) is 0 Å². The largest absolute Gasteiger partial charge is 0.0506 e. The molecule has 0 nitrogen and oxygen atoms in total. The van der Waals surface area contributed by atoms with Crippen LogP contribution in [0, 0.1) is 0 Å². The Labute approximate surface area is 96.4 Å². The molecule has 0 heterocycles. The van der Waals surface area contributed by atoms with Gasteiger partial charge >= 0.3 is 0 Å². The van der Waals surface area contributed by atoms with Crippen LogP contribution < -0.4 is 0 Å². The summed E-state index contributed by atoms with van der Waals surface area (Å²) in [5.74, 6) is 0.337. The molecule has 8 heteroatoms. The molecule has 0 aromatic rings. The lowest BCUT2D eigenvalue weighted by Gasteiger charge is -2.28. The monoisotopic (exact) mass is 316 g/mol. The van der Waals surface area contributed by atoms with Crippen LogP contribution in [0.2, 0.25) is 0 Å². The quantitative estimate of drug-likeness (QED) is 0.607. The minimum Gasteiger partial charge on any atom is -0.0506 e. The number of hydrogen-bond acceptors (Lipinski definition) is 0. The molecule has 1 unspecified atom stereocenters. The van der Waals surface area contributed by atoms with E-state index in [0.29, 0.717) is 5.75 Å². The third-order valence-corrected chi connectivity index (χ3v) is 6.92. The first kappa shape index (κ1) is 13.4. The van der Waals surface area contributed by atoms with Gasteiger partial charge < -0.3 is 0 Å². The Hall–Kier alpha value is 2.44. The van der Waals surface area contributed by atoms with Crippen molar-refractivity contribution in [1.29, 1.82) is 0 Å². The molecule has 0 aliphatic rings. The van der Waals surface area contributed by atoms with E-state index in [9.17, 15) is 0 Å². The van der Waals surface area contributed by atoms with Gasteiger partial charge in [-0.15, -0.1) is 0 Å². The molecule has 0 saturated carbocycles. The van der Waals surface area contributed by atoms with Crippen LogP contribution in [0.5, 0.6) is 0 Å². The fourth-order valence-electron chi connectivity index (χ4n) is 0.343. The van der Waals surface area contributed by atoms with Gasteiger partial charge in [0.1, 0.15) is 0 Å². The summed E-state index contributed by atoms with van der Waals surface area (Å²) in [5.41, 5.74) is 0. The molecule has 0 amide bonds. The molecule has 0 aliphatic heterocycles. The first-order valence-electron chi connectivity index (χ1n) is 2.44. The van der Waals surface area contributed by atoms with Gasteiger partial charge in [-0.3, -0.25) is 0 Å². The second-order valence-corrected chi connectivity index (χ2v) is 16.9. The fraction of sp³-hybridized carbons (Fsp3) is 1.00. The number of halogens is 6. The highest BCUT2D eigenvalue weighted by Gasteiger charge is 2.29. The summed E-state index contributed by atoms with van der Waals surface area (Å²) >= 11 is 0. The van der Waals surface area contributed by atoms with E-state index in [0.717, 1.165) is 0 Å². The normalized spacial score (nSPS) is 19.5. The van der Waals surface area contributed by atoms with Crippen molar-refractivity contribution in [3.8, 4) is 0 Å². The van der Waals surface area contributed by atoms with Crippen LogP contribution in [0.15, 0.2) is 0 Å². The van der Waals surface area contributed by atoms with Gasteiger partial charge in [-0.25, -0.2) is 0 Å². The van der Waals surface area contributed by atoms with Crippen LogP contribution in [0.3, 0.4) is 0 Å². The Morgan fingerprint density at radius 3 is 1.45 bits per heavy atom. The van der Waals surface area contributed by atoms with Gasteiger partial charge in [0.25, 0.3) is 0 Å². The van der Waals surface area contributed by atoms with Crippen LogP contribution in [0.25, 0.3) is 0 Å². The molecule has 0 N–H and O–H groups in total. The van der Waals surface area contributed by atoms with Crippen molar-refractivity contribution < 1.29 is 0 Å². The number of hydrogen-bond donors (Lipinski definition) is 0. The highest BCUT2D eigenvalue weighted by atomic mass is 36.2. The van der Waals surface area contributed by atoms with Crippen molar-refractivity contribution in [2.24, 2.45) is 0 Å². The topological polar surface area (TPSA) is 0 Å². The van der Waals surface area contributed by atoms with Crippen LogP contribution in [0.4, 0.5) is 0 Å². The van der Waals surface area contributed by atoms with E-state index in [1.165, 1.54) is 0 Å². The van der Waals surface area contributed by atoms with E-state index in [2.05, 4.69) is 0 Å². The van der Waals surface area contributed by atoms with Crippen LogP contribution in [-0.4, -0.2) is 11.0 Å². The van der Waals surface area contributed by atoms with Gasteiger partial charge in [0, 0.05) is 11.0 Å². The third kappa shape index (κ3) is 7.51. The Balaban J connectivity index is 3.99. The van der Waals surface area contributed by atoms with Crippen molar-refractivity contribution in [3.05, 3.63) is 0 Å². The highest BCUT2D eigenvalue weighted by Crippen LogP contribution is 2.72. The predicted octanol–water partition coefficient (Wildman–Crippen LogP) is 5.91. The number of rotatable bonds is 3. The molecule has 0 rings (SSSR count). The van der Waals surface area contributed by atoms with Crippen molar-refractivity contribution in [2.45, 2.75) is 12.2 Å². The van der Waals surface area contributed by atoms with E-state index in [1.54, 1.807) is 6.92 Å². The first-order chi connectivity index (χ1) is 4.63. The van der Waals surface area contributed by atoms with Gasteiger partial charge in [-0.1, -0.05) is 6.92 Å². The van der Waals surface area contributed by atoms with E-state index in [-0.39, 0.29) is 5.25 Å². The summed E-state index contributed by atoms with van der Waals surface area (Å²) < 4.78 is 0. The molecule has 0 aromatic heterocycles. The fourth-order valence-corrected chi connectivity index (χ4v) is 5.87. The molecule has 0 radical (unpaired) electrons. The van der Waals surface area contributed by atoms with Crippen molar-refractivity contribution in [3.63, 3.8) is 0 Å². The van der Waals surface area contributed by atoms with E-state index in [4.69, 9.17) is 64.1 Å². The van der Waals surface area contributed by atoms with E-state index < -0.39 is 15.3 Å². The van der Waals surface area contributed by atoms with Crippen LogP contribution >= 0.6 is 79.4 Å². The first-order valence-corrected chi connectivity index (χ1v) is 10.9. The lowest BCUT2D eigenvalue weighted by atomic mass is 10.6. The summed E-state index contributed by atoms with van der Waals surface area (Å²) in [4.78, 5) is 0. The van der Waals surface area contributed by atoms with Gasteiger partial charge in [0.2, 0.25) is 0 Å². The molecular weight excluding hydrogens is 313 g/mol. The Bertz CT molecular complexity index is 125. The van der Waals surface area contributed by atoms with Crippen LogP contribution in [-0.2, 0) is 0 Å². The maximum absolute atomic E-state index is 5.64. The summed E-state index contributed by atoms with van der Waals surface area (Å²) in [6, 6.07) is 0. The molecule has 11 heavy (non-hydrogen) atoms. The zero-order valence-corrected chi connectivity index (χ0v) is 11.5. The van der Waals surface area contributed by atoms with Gasteiger partial charge in [0.05, 0.1) is 0 Å². The van der Waals surface area contributed by atoms with Crippen molar-refractivity contribution in [2.75, 3.05) is 5.75 Å². The molecule has 72 valence electrons. The third-order valence-electron chi connectivity index (χ3n) is 0.880. The molecular formula is C3H6Cl6S2. The van der Waals surface area contributed by atoms with E-state index >= 15 is 0 Å². The van der Waals surface area contributed by atoms with Crippen molar-refractivity contribution in [1.82, 2.24) is 0 Å². The molecule has 0 saturated heterocycles. The molecule has 0 spiro atoms. The Morgan fingerprint density at radius 2 is 1.36 bits per heavy atom. The highest BCUT2D eigenvalue weighted by molar-refractivity contribution is 8.81. The summed E-state index contributed by atoms with van der Waals surface area (Å²) in [7, 11) is 29.4. The lowest BCUT2D eigenvalue weighted by Crippen LogP contribution is -2.07. The maximum Gasteiger partial charge on any atom is 0.0358 e. The Kier molecular flexibility index (Phi) is 5.85. The van der Waals surface area contributed by atoms with Gasteiger partial charge in [-0.2, -0.15) is 0 Å². The zero-order valence-electron chi connectivity index (χ0n) is 5.37. The van der Waals surface area contributed by atoms with Crippen molar-refractivity contribution >= 4 is 79.4 Å². The molecule has 0 aromatic carbocycles. The van der Waals surface area contributed by atoms with Crippen LogP contribution in [0.1, 0.15) is 6.92 Å². The SMILES string of the molecule is CC(CS(Cl)(Cl)Cl)S(Cl)(Cl)Cl. The predicted molar refractivity (Wildman–Crippen MR) is 64.6 cm³/mol. The summed E-state index contributed by atoms with van der Waals surface area (Å²) in [5, 5.41) is -0.171.